The minimum atomic E-state index is -3.21. The van der Waals surface area contributed by atoms with Crippen molar-refractivity contribution in [1.29, 1.82) is 0 Å². The van der Waals surface area contributed by atoms with Crippen LogP contribution in [0.25, 0.3) is 11.5 Å². The minimum Gasteiger partial charge on any atom is -0.421 e. The Morgan fingerprint density at radius 2 is 2.19 bits per heavy atom. The maximum absolute atomic E-state index is 11.6. The number of hydrogen-bond donors (Lipinski definition) is 1. The summed E-state index contributed by atoms with van der Waals surface area (Å²) in [5.41, 5.74) is 0.736. The molecule has 0 saturated heterocycles. The smallest absolute Gasteiger partial charge is 0.249 e. The normalized spacial score (nSPS) is 11.7. The molecule has 8 heteroatoms. The minimum absolute atomic E-state index is 0.147. The van der Waals surface area contributed by atoms with Crippen molar-refractivity contribution in [2.24, 2.45) is 0 Å². The van der Waals surface area contributed by atoms with Gasteiger partial charge in [0.1, 0.15) is 0 Å². The van der Waals surface area contributed by atoms with Crippen LogP contribution in [0.4, 0.5) is 0 Å². The van der Waals surface area contributed by atoms with E-state index in [-0.39, 0.29) is 12.3 Å². The lowest BCUT2D eigenvalue weighted by molar-refractivity contribution is 0.501. The van der Waals surface area contributed by atoms with Crippen LogP contribution in [-0.4, -0.2) is 35.9 Å². The fourth-order valence-electron chi connectivity index (χ4n) is 1.68. The van der Waals surface area contributed by atoms with E-state index in [9.17, 15) is 8.42 Å². The highest BCUT2D eigenvalue weighted by molar-refractivity contribution is 7.89. The van der Waals surface area contributed by atoms with Gasteiger partial charge in [-0.1, -0.05) is 13.3 Å². The first-order valence-corrected chi connectivity index (χ1v) is 8.46. The molecular weight excluding hydrogens is 292 g/mol. The molecule has 2 aromatic rings. The average molecular weight is 310 g/mol. The average Bonchev–Trinajstić information content (AvgIpc) is 2.95. The molecule has 0 saturated carbocycles. The van der Waals surface area contributed by atoms with E-state index in [2.05, 4.69) is 19.9 Å². The van der Waals surface area contributed by atoms with E-state index < -0.39 is 10.0 Å². The summed E-state index contributed by atoms with van der Waals surface area (Å²) in [6.45, 7) is 2.20. The molecule has 2 aromatic heterocycles. The number of pyridine rings is 1. The van der Waals surface area contributed by atoms with Crippen LogP contribution in [0.3, 0.4) is 0 Å². The lowest BCUT2D eigenvalue weighted by Crippen LogP contribution is -2.28. The van der Waals surface area contributed by atoms with Crippen molar-refractivity contribution < 1.29 is 12.8 Å². The third kappa shape index (κ3) is 4.91. The molecule has 7 nitrogen and oxygen atoms in total. The van der Waals surface area contributed by atoms with E-state index in [1.807, 2.05) is 13.0 Å². The first kappa shape index (κ1) is 15.6. The Hall–Kier alpha value is -1.80. The summed E-state index contributed by atoms with van der Waals surface area (Å²) in [7, 11) is -3.21. The molecule has 0 fully saturated rings. The molecule has 0 unspecified atom stereocenters. The highest BCUT2D eigenvalue weighted by Crippen LogP contribution is 2.15. The molecule has 0 spiro atoms. The number of hydrogen-bond acceptors (Lipinski definition) is 6. The lowest BCUT2D eigenvalue weighted by Gasteiger charge is -2.03. The Bertz CT molecular complexity index is 655. The Balaban J connectivity index is 1.86. The number of sulfonamides is 1. The molecule has 2 heterocycles. The van der Waals surface area contributed by atoms with Crippen molar-refractivity contribution in [3.05, 3.63) is 30.4 Å². The van der Waals surface area contributed by atoms with Crippen molar-refractivity contribution in [2.45, 2.75) is 26.2 Å². The monoisotopic (exact) mass is 310 g/mol. The van der Waals surface area contributed by atoms with Gasteiger partial charge in [0.25, 0.3) is 0 Å². The molecule has 21 heavy (non-hydrogen) atoms. The zero-order chi connectivity index (χ0) is 15.1. The third-order valence-electron chi connectivity index (χ3n) is 2.80. The second kappa shape index (κ2) is 7.28. The molecule has 0 atom stereocenters. The molecule has 1 N–H and O–H groups in total. The molecule has 0 radical (unpaired) electrons. The topological polar surface area (TPSA) is 98.0 Å². The fourth-order valence-corrected chi connectivity index (χ4v) is 2.91. The van der Waals surface area contributed by atoms with Gasteiger partial charge in [-0.3, -0.25) is 4.98 Å². The second-order valence-electron chi connectivity index (χ2n) is 4.56. The zero-order valence-electron chi connectivity index (χ0n) is 11.8. The number of nitrogens with one attached hydrogen (secondary N) is 1. The summed E-state index contributed by atoms with van der Waals surface area (Å²) in [5.74, 6) is 0.924. The van der Waals surface area contributed by atoms with Gasteiger partial charge < -0.3 is 4.42 Å². The second-order valence-corrected chi connectivity index (χ2v) is 6.49. The molecular formula is C13H18N4O3S. The molecule has 0 aliphatic heterocycles. The van der Waals surface area contributed by atoms with Gasteiger partial charge in [-0.05, 0) is 18.6 Å². The Morgan fingerprint density at radius 3 is 2.90 bits per heavy atom. The third-order valence-corrected chi connectivity index (χ3v) is 4.27. The summed E-state index contributed by atoms with van der Waals surface area (Å²) in [6, 6.07) is 3.60. The van der Waals surface area contributed by atoms with Gasteiger partial charge >= 0.3 is 0 Å². The number of nitrogens with zero attached hydrogens (tertiary/aromatic N) is 3. The molecule has 0 aliphatic rings. The summed E-state index contributed by atoms with van der Waals surface area (Å²) >= 11 is 0. The van der Waals surface area contributed by atoms with Crippen LogP contribution in [0, 0.1) is 0 Å². The number of unbranched alkanes of at least 4 members (excludes halogenated alkanes) is 1. The van der Waals surface area contributed by atoms with E-state index in [0.29, 0.717) is 24.6 Å². The van der Waals surface area contributed by atoms with Gasteiger partial charge in [-0.15, -0.1) is 10.2 Å². The first-order chi connectivity index (χ1) is 10.1. The van der Waals surface area contributed by atoms with Crippen LogP contribution in [0.1, 0.15) is 25.7 Å². The van der Waals surface area contributed by atoms with E-state index >= 15 is 0 Å². The van der Waals surface area contributed by atoms with E-state index in [1.165, 1.54) is 0 Å². The summed E-state index contributed by atoms with van der Waals surface area (Å²) in [6.07, 6.45) is 5.15. The highest BCUT2D eigenvalue weighted by Gasteiger charge is 2.11. The molecule has 0 bridgehead atoms. The van der Waals surface area contributed by atoms with Crippen LogP contribution in [-0.2, 0) is 16.4 Å². The van der Waals surface area contributed by atoms with E-state index in [1.54, 1.807) is 18.5 Å². The van der Waals surface area contributed by atoms with Gasteiger partial charge in [0.15, 0.2) is 0 Å². The number of rotatable bonds is 8. The summed E-state index contributed by atoms with van der Waals surface area (Å²) in [4.78, 5) is 3.97. The van der Waals surface area contributed by atoms with Crippen LogP contribution in [0.5, 0.6) is 0 Å². The van der Waals surface area contributed by atoms with Gasteiger partial charge in [-0.2, -0.15) is 0 Å². The van der Waals surface area contributed by atoms with Gasteiger partial charge in [0.05, 0.1) is 11.3 Å². The fraction of sp³-hybridized carbons (Fsp3) is 0.462. The largest absolute Gasteiger partial charge is 0.421 e. The van der Waals surface area contributed by atoms with Crippen molar-refractivity contribution in [3.8, 4) is 11.5 Å². The Kier molecular flexibility index (Phi) is 5.40. The van der Waals surface area contributed by atoms with Gasteiger partial charge in [0.2, 0.25) is 21.8 Å². The Morgan fingerprint density at radius 1 is 1.33 bits per heavy atom. The molecule has 114 valence electrons. The molecule has 0 aromatic carbocycles. The SMILES string of the molecule is CCCCS(=O)(=O)NCCc1nnc(-c2cccnc2)o1. The first-order valence-electron chi connectivity index (χ1n) is 6.81. The van der Waals surface area contributed by atoms with Crippen molar-refractivity contribution in [2.75, 3.05) is 12.3 Å². The zero-order valence-corrected chi connectivity index (χ0v) is 12.6. The predicted molar refractivity (Wildman–Crippen MR) is 77.9 cm³/mol. The standard InChI is InChI=1S/C13H18N4O3S/c1-2-3-9-21(18,19)15-8-6-12-16-17-13(20-12)11-5-4-7-14-10-11/h4-5,7,10,15H,2-3,6,8-9H2,1H3. The quantitative estimate of drug-likeness (QED) is 0.791. The van der Waals surface area contributed by atoms with Crippen molar-refractivity contribution in [1.82, 2.24) is 19.9 Å². The summed E-state index contributed by atoms with van der Waals surface area (Å²) < 4.78 is 31.2. The Labute approximate surface area is 123 Å². The van der Waals surface area contributed by atoms with Crippen LogP contribution < -0.4 is 4.72 Å². The number of aromatic nitrogens is 3. The van der Waals surface area contributed by atoms with Crippen LogP contribution >= 0.6 is 0 Å². The summed E-state index contributed by atoms with van der Waals surface area (Å²) in [5, 5.41) is 7.81. The van der Waals surface area contributed by atoms with Crippen LogP contribution in [0.2, 0.25) is 0 Å². The molecule has 0 amide bonds. The van der Waals surface area contributed by atoms with E-state index in [0.717, 1.165) is 12.0 Å². The van der Waals surface area contributed by atoms with Crippen molar-refractivity contribution >= 4 is 10.0 Å². The lowest BCUT2D eigenvalue weighted by atomic mass is 10.3. The maximum atomic E-state index is 11.6. The molecule has 2 rings (SSSR count). The van der Waals surface area contributed by atoms with Gasteiger partial charge in [0, 0.05) is 25.4 Å². The van der Waals surface area contributed by atoms with Crippen LogP contribution in [0.15, 0.2) is 28.9 Å². The van der Waals surface area contributed by atoms with E-state index in [4.69, 9.17) is 4.42 Å². The van der Waals surface area contributed by atoms with Crippen molar-refractivity contribution in [3.63, 3.8) is 0 Å². The molecule has 0 aliphatic carbocycles. The highest BCUT2D eigenvalue weighted by atomic mass is 32.2. The predicted octanol–water partition coefficient (Wildman–Crippen LogP) is 1.39. The van der Waals surface area contributed by atoms with Gasteiger partial charge in [-0.25, -0.2) is 13.1 Å². The maximum Gasteiger partial charge on any atom is 0.249 e.